The maximum Gasteiger partial charge on any atom is 0.142 e. The van der Waals surface area contributed by atoms with Crippen molar-refractivity contribution in [3.05, 3.63) is 58.7 Å². The molecule has 0 atom stereocenters. The second-order valence-corrected chi connectivity index (χ2v) is 5.15. The Morgan fingerprint density at radius 3 is 1.42 bits per heavy atom. The van der Waals surface area contributed by atoms with E-state index in [-0.39, 0.29) is 20.9 Å². The highest BCUT2D eigenvalue weighted by Gasteiger charge is 2.15. The predicted molar refractivity (Wildman–Crippen MR) is 66.3 cm³/mol. The van der Waals surface area contributed by atoms with E-state index in [1.165, 1.54) is 26.0 Å². The maximum atomic E-state index is 13.8. The molecule has 0 aliphatic rings. The Hall–Kier alpha value is -1.49. The van der Waals surface area contributed by atoms with Crippen LogP contribution in [-0.4, -0.2) is 0 Å². The third-order valence-corrected chi connectivity index (χ3v) is 3.86. The first-order valence-electron chi connectivity index (χ1n) is 5.49. The van der Waals surface area contributed by atoms with Crippen LogP contribution >= 0.6 is 11.8 Å². The van der Waals surface area contributed by atoms with Gasteiger partial charge in [-0.05, 0) is 38.1 Å². The van der Waals surface area contributed by atoms with E-state index in [1.807, 2.05) is 0 Å². The molecule has 0 bridgehead atoms. The molecule has 19 heavy (non-hydrogen) atoms. The van der Waals surface area contributed by atoms with Gasteiger partial charge in [-0.1, -0.05) is 11.8 Å². The summed E-state index contributed by atoms with van der Waals surface area (Å²) in [5.74, 6) is -2.77. The van der Waals surface area contributed by atoms with Crippen molar-refractivity contribution in [2.75, 3.05) is 0 Å². The van der Waals surface area contributed by atoms with Gasteiger partial charge in [-0.3, -0.25) is 0 Å². The fourth-order valence-electron chi connectivity index (χ4n) is 1.55. The molecule has 0 radical (unpaired) electrons. The van der Waals surface area contributed by atoms with E-state index in [4.69, 9.17) is 0 Å². The van der Waals surface area contributed by atoms with E-state index in [9.17, 15) is 17.6 Å². The highest BCUT2D eigenvalue weighted by molar-refractivity contribution is 7.99. The standard InChI is InChI=1S/C14H10F4S/c1-7-9(15)3-5-11(13(7)17)19-12-6-4-10(16)8(2)14(12)18/h3-6H,1-2H3. The molecule has 0 unspecified atom stereocenters. The van der Waals surface area contributed by atoms with Crippen LogP contribution in [-0.2, 0) is 0 Å². The van der Waals surface area contributed by atoms with Gasteiger partial charge in [-0.25, -0.2) is 17.6 Å². The van der Waals surface area contributed by atoms with Crippen LogP contribution in [0.5, 0.6) is 0 Å². The predicted octanol–water partition coefficient (Wildman–Crippen LogP) is 5.01. The molecule has 5 heteroatoms. The Morgan fingerprint density at radius 1 is 0.684 bits per heavy atom. The lowest BCUT2D eigenvalue weighted by Crippen LogP contribution is -1.94. The normalized spacial score (nSPS) is 10.8. The first-order valence-corrected chi connectivity index (χ1v) is 6.30. The van der Waals surface area contributed by atoms with E-state index >= 15 is 0 Å². The number of hydrogen-bond donors (Lipinski definition) is 0. The summed E-state index contributed by atoms with van der Waals surface area (Å²) in [5, 5.41) is 0. The number of hydrogen-bond acceptors (Lipinski definition) is 1. The fourth-order valence-corrected chi connectivity index (χ4v) is 2.54. The van der Waals surface area contributed by atoms with Crippen LogP contribution in [0, 0.1) is 37.1 Å². The molecule has 0 saturated heterocycles. The third kappa shape index (κ3) is 2.61. The molecule has 0 nitrogen and oxygen atoms in total. The first-order chi connectivity index (χ1) is 8.91. The van der Waals surface area contributed by atoms with Gasteiger partial charge in [0, 0.05) is 20.9 Å². The van der Waals surface area contributed by atoms with Crippen molar-refractivity contribution in [2.24, 2.45) is 0 Å². The van der Waals surface area contributed by atoms with Crippen LogP contribution in [0.3, 0.4) is 0 Å². The lowest BCUT2D eigenvalue weighted by atomic mass is 10.2. The van der Waals surface area contributed by atoms with Gasteiger partial charge in [0.2, 0.25) is 0 Å². The second kappa shape index (κ2) is 5.25. The molecule has 0 aromatic heterocycles. The van der Waals surface area contributed by atoms with E-state index in [0.717, 1.165) is 23.9 Å². The summed E-state index contributed by atoms with van der Waals surface area (Å²) < 4.78 is 53.8. The lowest BCUT2D eigenvalue weighted by Gasteiger charge is -2.08. The van der Waals surface area contributed by atoms with Crippen molar-refractivity contribution >= 4 is 11.8 Å². The van der Waals surface area contributed by atoms with Gasteiger partial charge >= 0.3 is 0 Å². The molecule has 0 aliphatic heterocycles. The van der Waals surface area contributed by atoms with Gasteiger partial charge in [0.1, 0.15) is 23.3 Å². The number of halogens is 4. The highest BCUT2D eigenvalue weighted by Crippen LogP contribution is 2.34. The minimum Gasteiger partial charge on any atom is -0.207 e. The Labute approximate surface area is 112 Å². The van der Waals surface area contributed by atoms with Crippen molar-refractivity contribution < 1.29 is 17.6 Å². The van der Waals surface area contributed by atoms with Crippen LogP contribution in [0.4, 0.5) is 17.6 Å². The minimum absolute atomic E-state index is 0.101. The minimum atomic E-state index is -0.730. The Bertz CT molecular complexity index is 582. The molecular weight excluding hydrogens is 276 g/mol. The van der Waals surface area contributed by atoms with Crippen LogP contribution in [0.2, 0.25) is 0 Å². The molecule has 0 aliphatic carbocycles. The van der Waals surface area contributed by atoms with Gasteiger partial charge in [0.05, 0.1) is 0 Å². The number of benzene rings is 2. The fraction of sp³-hybridized carbons (Fsp3) is 0.143. The summed E-state index contributed by atoms with van der Waals surface area (Å²) in [6.45, 7) is 2.61. The number of rotatable bonds is 2. The SMILES string of the molecule is Cc1c(F)ccc(Sc2ccc(F)c(C)c2F)c1F. The van der Waals surface area contributed by atoms with Crippen molar-refractivity contribution in [1.82, 2.24) is 0 Å². The van der Waals surface area contributed by atoms with Gasteiger partial charge in [-0.2, -0.15) is 0 Å². The average Bonchev–Trinajstić information content (AvgIpc) is 2.39. The molecule has 2 rings (SSSR count). The summed E-state index contributed by atoms with van der Waals surface area (Å²) in [7, 11) is 0. The average molecular weight is 286 g/mol. The summed E-state index contributed by atoms with van der Waals surface area (Å²) in [6.07, 6.45) is 0. The summed E-state index contributed by atoms with van der Waals surface area (Å²) >= 11 is 0.803. The topological polar surface area (TPSA) is 0 Å². The quantitative estimate of drug-likeness (QED) is 0.699. The zero-order chi connectivity index (χ0) is 14.2. The molecular formula is C14H10F4S. The molecule has 0 saturated carbocycles. The summed E-state index contributed by atoms with van der Waals surface area (Å²) in [4.78, 5) is 0.201. The zero-order valence-electron chi connectivity index (χ0n) is 10.2. The maximum absolute atomic E-state index is 13.8. The van der Waals surface area contributed by atoms with Crippen LogP contribution in [0.1, 0.15) is 11.1 Å². The monoisotopic (exact) mass is 286 g/mol. The second-order valence-electron chi connectivity index (χ2n) is 4.07. The van der Waals surface area contributed by atoms with Crippen LogP contribution in [0.25, 0.3) is 0 Å². The Morgan fingerprint density at radius 2 is 1.05 bits per heavy atom. The van der Waals surface area contributed by atoms with E-state index < -0.39 is 23.3 Å². The van der Waals surface area contributed by atoms with E-state index in [1.54, 1.807) is 0 Å². The van der Waals surface area contributed by atoms with Gasteiger partial charge in [-0.15, -0.1) is 0 Å². The van der Waals surface area contributed by atoms with E-state index in [0.29, 0.717) is 0 Å². The zero-order valence-corrected chi connectivity index (χ0v) is 11.0. The molecule has 0 fully saturated rings. The molecule has 0 amide bonds. The Kier molecular flexibility index (Phi) is 3.85. The lowest BCUT2D eigenvalue weighted by molar-refractivity contribution is 0.546. The van der Waals surface area contributed by atoms with E-state index in [2.05, 4.69) is 0 Å². The molecule has 0 spiro atoms. The van der Waals surface area contributed by atoms with Gasteiger partial charge in [0.15, 0.2) is 0 Å². The van der Waals surface area contributed by atoms with Gasteiger partial charge < -0.3 is 0 Å². The van der Waals surface area contributed by atoms with Crippen LogP contribution < -0.4 is 0 Å². The molecule has 0 heterocycles. The molecule has 2 aromatic carbocycles. The van der Waals surface area contributed by atoms with Gasteiger partial charge in [0.25, 0.3) is 0 Å². The largest absolute Gasteiger partial charge is 0.207 e. The summed E-state index contributed by atoms with van der Waals surface area (Å²) in [5.41, 5.74) is -0.242. The first kappa shape index (κ1) is 13.9. The van der Waals surface area contributed by atoms with Crippen molar-refractivity contribution in [3.8, 4) is 0 Å². The third-order valence-electron chi connectivity index (χ3n) is 2.79. The summed E-state index contributed by atoms with van der Waals surface area (Å²) in [6, 6.07) is 4.71. The molecule has 100 valence electrons. The van der Waals surface area contributed by atoms with Crippen LogP contribution in [0.15, 0.2) is 34.1 Å². The van der Waals surface area contributed by atoms with Crippen molar-refractivity contribution in [1.29, 1.82) is 0 Å². The highest BCUT2D eigenvalue weighted by atomic mass is 32.2. The van der Waals surface area contributed by atoms with Crippen molar-refractivity contribution in [3.63, 3.8) is 0 Å². The molecule has 0 N–H and O–H groups in total. The Balaban J connectivity index is 2.43. The van der Waals surface area contributed by atoms with Crippen molar-refractivity contribution in [2.45, 2.75) is 23.6 Å². The smallest absolute Gasteiger partial charge is 0.142 e. The molecule has 2 aromatic rings.